The van der Waals surface area contributed by atoms with Gasteiger partial charge in [0, 0.05) is 17.6 Å². The van der Waals surface area contributed by atoms with Gasteiger partial charge in [0.25, 0.3) is 0 Å². The van der Waals surface area contributed by atoms with Crippen molar-refractivity contribution < 1.29 is 9.84 Å². The van der Waals surface area contributed by atoms with E-state index in [1.807, 2.05) is 62.2 Å². The van der Waals surface area contributed by atoms with E-state index in [0.29, 0.717) is 29.5 Å². The van der Waals surface area contributed by atoms with Gasteiger partial charge >= 0.3 is 0 Å². The third-order valence-corrected chi connectivity index (χ3v) is 4.71. The first-order valence-electron chi connectivity index (χ1n) is 8.19. The van der Waals surface area contributed by atoms with E-state index in [2.05, 4.69) is 4.98 Å². The van der Waals surface area contributed by atoms with Crippen LogP contribution in [0.4, 0.5) is 0 Å². The van der Waals surface area contributed by atoms with Crippen LogP contribution in [0.1, 0.15) is 37.0 Å². The number of amidine groups is 1. The Kier molecular flexibility index (Phi) is 4.56. The summed E-state index contributed by atoms with van der Waals surface area (Å²) in [5.74, 6) is 1.36. The van der Waals surface area contributed by atoms with E-state index in [4.69, 9.17) is 10.1 Å². The summed E-state index contributed by atoms with van der Waals surface area (Å²) in [6.07, 6.45) is 0. The van der Waals surface area contributed by atoms with Crippen LogP contribution < -0.4 is 4.74 Å². The minimum atomic E-state index is -0.227. The van der Waals surface area contributed by atoms with Gasteiger partial charge in [0.15, 0.2) is 0 Å². The maximum Gasteiger partial charge on any atom is 0.135 e. The summed E-state index contributed by atoms with van der Waals surface area (Å²) < 4.78 is 5.83. The number of aromatic nitrogens is 1. The summed E-state index contributed by atoms with van der Waals surface area (Å²) in [6.45, 7) is 8.86. The van der Waals surface area contributed by atoms with Crippen LogP contribution in [0.25, 0.3) is 5.57 Å². The van der Waals surface area contributed by atoms with Crippen LogP contribution >= 0.6 is 11.3 Å². The molecule has 0 saturated carbocycles. The molecule has 6 heteroatoms. The van der Waals surface area contributed by atoms with Crippen molar-refractivity contribution in [3.05, 3.63) is 51.7 Å². The van der Waals surface area contributed by atoms with E-state index in [9.17, 15) is 5.11 Å². The second-order valence-corrected chi connectivity index (χ2v) is 8.04. The minimum Gasteiger partial charge on any atom is -0.510 e. The van der Waals surface area contributed by atoms with Crippen molar-refractivity contribution in [2.45, 2.75) is 39.8 Å². The van der Waals surface area contributed by atoms with Gasteiger partial charge in [-0.25, -0.2) is 4.98 Å². The molecule has 0 aliphatic carbocycles. The third kappa shape index (κ3) is 4.02. The van der Waals surface area contributed by atoms with Crippen molar-refractivity contribution in [2.24, 2.45) is 0 Å². The van der Waals surface area contributed by atoms with Gasteiger partial charge in [0.2, 0.25) is 0 Å². The minimum absolute atomic E-state index is 0.215. The van der Waals surface area contributed by atoms with Gasteiger partial charge in [-0.3, -0.25) is 5.41 Å². The Bertz CT molecular complexity index is 816. The van der Waals surface area contributed by atoms with Crippen LogP contribution in [-0.4, -0.2) is 33.0 Å². The Balaban J connectivity index is 1.70. The third-order valence-electron chi connectivity index (χ3n) is 3.74. The summed E-state index contributed by atoms with van der Waals surface area (Å²) in [4.78, 5) is 6.25. The Morgan fingerprint density at radius 2 is 1.96 bits per heavy atom. The zero-order chi connectivity index (χ0) is 18.2. The lowest BCUT2D eigenvalue weighted by atomic mass is 10.1. The molecule has 0 atom stereocenters. The van der Waals surface area contributed by atoms with Gasteiger partial charge in [-0.2, -0.15) is 0 Å². The number of aryl methyl sites for hydroxylation is 1. The number of hydrogen-bond acceptors (Lipinski definition) is 5. The Hall–Kier alpha value is -2.34. The molecule has 1 aliphatic heterocycles. The van der Waals surface area contributed by atoms with E-state index in [1.165, 1.54) is 11.3 Å². The summed E-state index contributed by atoms with van der Waals surface area (Å²) in [5, 5.41) is 21.3. The SMILES string of the molecule is Cc1csc(C2=C(O)CN(Cc3ccc(OC(C)(C)C)cc3)C2=N)n1. The highest BCUT2D eigenvalue weighted by atomic mass is 32.1. The van der Waals surface area contributed by atoms with E-state index in [1.54, 1.807) is 0 Å². The predicted octanol–water partition coefficient (Wildman–Crippen LogP) is 4.39. The number of nitrogens with one attached hydrogen (secondary N) is 1. The summed E-state index contributed by atoms with van der Waals surface area (Å²) in [7, 11) is 0. The molecule has 1 aromatic heterocycles. The van der Waals surface area contributed by atoms with Gasteiger partial charge in [-0.05, 0) is 45.4 Å². The molecule has 0 saturated heterocycles. The zero-order valence-corrected chi connectivity index (χ0v) is 15.8. The summed E-state index contributed by atoms with van der Waals surface area (Å²) in [5.41, 5.74) is 2.29. The van der Waals surface area contributed by atoms with E-state index < -0.39 is 0 Å². The number of thiazole rings is 1. The molecule has 25 heavy (non-hydrogen) atoms. The van der Waals surface area contributed by atoms with E-state index >= 15 is 0 Å². The fourth-order valence-electron chi connectivity index (χ4n) is 2.70. The number of nitrogens with zero attached hydrogens (tertiary/aromatic N) is 2. The van der Waals surface area contributed by atoms with Crippen LogP contribution in [-0.2, 0) is 6.54 Å². The molecule has 1 aliphatic rings. The van der Waals surface area contributed by atoms with E-state index in [0.717, 1.165) is 17.0 Å². The Labute approximate surface area is 152 Å². The van der Waals surface area contributed by atoms with Gasteiger partial charge in [0.1, 0.15) is 28.0 Å². The number of ether oxygens (including phenoxy) is 1. The zero-order valence-electron chi connectivity index (χ0n) is 15.0. The van der Waals surface area contributed by atoms with Crippen molar-refractivity contribution in [1.82, 2.24) is 9.88 Å². The predicted molar refractivity (Wildman–Crippen MR) is 101 cm³/mol. The van der Waals surface area contributed by atoms with Gasteiger partial charge in [-0.1, -0.05) is 12.1 Å². The number of hydrogen-bond donors (Lipinski definition) is 2. The lowest BCUT2D eigenvalue weighted by molar-refractivity contribution is 0.131. The van der Waals surface area contributed by atoms with Crippen molar-refractivity contribution in [1.29, 1.82) is 5.41 Å². The number of rotatable bonds is 4. The van der Waals surface area contributed by atoms with Gasteiger partial charge in [-0.15, -0.1) is 11.3 Å². The normalized spacial score (nSPS) is 15.2. The highest BCUT2D eigenvalue weighted by molar-refractivity contribution is 7.11. The lowest BCUT2D eigenvalue weighted by Gasteiger charge is -2.22. The fourth-order valence-corrected chi connectivity index (χ4v) is 3.56. The molecule has 1 aromatic carbocycles. The second kappa shape index (κ2) is 6.52. The number of benzene rings is 1. The quantitative estimate of drug-likeness (QED) is 0.851. The molecule has 0 bridgehead atoms. The molecule has 2 aromatic rings. The molecule has 0 amide bonds. The molecule has 3 rings (SSSR count). The molecular formula is C19H23N3O2S. The fraction of sp³-hybridized carbons (Fsp3) is 0.368. The van der Waals surface area contributed by atoms with Crippen LogP contribution in [0.15, 0.2) is 35.4 Å². The second-order valence-electron chi connectivity index (χ2n) is 7.18. The average molecular weight is 357 g/mol. The lowest BCUT2D eigenvalue weighted by Crippen LogP contribution is -2.26. The largest absolute Gasteiger partial charge is 0.510 e. The van der Waals surface area contributed by atoms with Gasteiger partial charge in [0.05, 0.1) is 12.1 Å². The van der Waals surface area contributed by atoms with Crippen molar-refractivity contribution in [3.63, 3.8) is 0 Å². The number of aliphatic hydroxyl groups excluding tert-OH is 1. The standard InChI is InChI=1S/C19H23N3O2S/c1-12-11-25-18(21-12)16-15(23)10-22(17(16)20)9-13-5-7-14(8-6-13)24-19(2,3)4/h5-8,11,20,23H,9-10H2,1-4H3. The molecule has 2 heterocycles. The smallest absolute Gasteiger partial charge is 0.135 e. The van der Waals surface area contributed by atoms with E-state index in [-0.39, 0.29) is 11.4 Å². The molecule has 2 N–H and O–H groups in total. The van der Waals surface area contributed by atoms with Crippen LogP contribution in [0.2, 0.25) is 0 Å². The Morgan fingerprint density at radius 1 is 1.28 bits per heavy atom. The molecule has 132 valence electrons. The summed E-state index contributed by atoms with van der Waals surface area (Å²) >= 11 is 1.46. The van der Waals surface area contributed by atoms with Crippen molar-refractivity contribution in [2.75, 3.05) is 6.54 Å². The monoisotopic (exact) mass is 357 g/mol. The van der Waals surface area contributed by atoms with Crippen molar-refractivity contribution >= 4 is 22.7 Å². The van der Waals surface area contributed by atoms with Crippen LogP contribution in [0.5, 0.6) is 5.75 Å². The van der Waals surface area contributed by atoms with Crippen LogP contribution in [0.3, 0.4) is 0 Å². The first-order chi connectivity index (χ1) is 11.7. The molecular weight excluding hydrogens is 334 g/mol. The first kappa shape index (κ1) is 17.5. The van der Waals surface area contributed by atoms with Gasteiger partial charge < -0.3 is 14.7 Å². The maximum absolute atomic E-state index is 10.3. The average Bonchev–Trinajstić information content (AvgIpc) is 3.04. The molecule has 0 spiro atoms. The summed E-state index contributed by atoms with van der Waals surface area (Å²) in [6, 6.07) is 7.88. The molecule has 5 nitrogen and oxygen atoms in total. The first-order valence-corrected chi connectivity index (χ1v) is 9.07. The highest BCUT2D eigenvalue weighted by Crippen LogP contribution is 2.30. The molecule has 0 fully saturated rings. The van der Waals surface area contributed by atoms with Crippen LogP contribution in [0, 0.1) is 12.3 Å². The molecule has 0 unspecified atom stereocenters. The topological polar surface area (TPSA) is 69.4 Å². The van der Waals surface area contributed by atoms with Crippen molar-refractivity contribution in [3.8, 4) is 5.75 Å². The molecule has 0 radical (unpaired) electrons. The maximum atomic E-state index is 10.3. The highest BCUT2D eigenvalue weighted by Gasteiger charge is 2.30. The number of aliphatic hydroxyl groups is 1. The Morgan fingerprint density at radius 3 is 2.52 bits per heavy atom.